The fraction of sp³-hybridized carbons (Fsp3) is 0.625. The van der Waals surface area contributed by atoms with Crippen LogP contribution in [0.3, 0.4) is 0 Å². The fourth-order valence-corrected chi connectivity index (χ4v) is 3.05. The quantitative estimate of drug-likeness (QED) is 0.764. The molecule has 116 valence electrons. The van der Waals surface area contributed by atoms with E-state index >= 15 is 0 Å². The molecular formula is C16H25ClN4. The topological polar surface area (TPSA) is 34.0 Å². The van der Waals surface area contributed by atoms with Crippen LogP contribution in [-0.2, 0) is 5.88 Å². The van der Waals surface area contributed by atoms with E-state index in [2.05, 4.69) is 49.3 Å². The average Bonchev–Trinajstić information content (AvgIpc) is 2.76. The van der Waals surface area contributed by atoms with Crippen LogP contribution in [0.5, 0.6) is 0 Å². The number of alkyl halides is 1. The molecule has 2 rings (SSSR count). The summed E-state index contributed by atoms with van der Waals surface area (Å²) in [6.45, 7) is 7.54. The van der Waals surface area contributed by atoms with Crippen LogP contribution in [-0.4, -0.2) is 40.1 Å². The molecule has 0 radical (unpaired) electrons. The molecule has 1 unspecified atom stereocenters. The van der Waals surface area contributed by atoms with E-state index < -0.39 is 0 Å². The van der Waals surface area contributed by atoms with Crippen LogP contribution in [0, 0.1) is 12.8 Å². The van der Waals surface area contributed by atoms with E-state index in [1.807, 2.05) is 12.3 Å². The van der Waals surface area contributed by atoms with Gasteiger partial charge in [-0.05, 0) is 45.0 Å². The second-order valence-corrected chi connectivity index (χ2v) is 6.64. The molecule has 0 bridgehead atoms. The first-order valence-electron chi connectivity index (χ1n) is 7.47. The Bertz CT molecular complexity index is 594. The molecule has 4 nitrogen and oxygen atoms in total. The Balaban J connectivity index is 2.56. The van der Waals surface area contributed by atoms with Crippen LogP contribution >= 0.6 is 11.6 Å². The molecule has 0 saturated carbocycles. The van der Waals surface area contributed by atoms with Crippen LogP contribution in [0.4, 0.5) is 0 Å². The average molecular weight is 309 g/mol. The highest BCUT2D eigenvalue weighted by atomic mass is 35.5. The molecule has 21 heavy (non-hydrogen) atoms. The van der Waals surface area contributed by atoms with Crippen LogP contribution in [0.15, 0.2) is 12.3 Å². The standard InChI is InChI=1S/C16H25ClN4/c1-11(2)8-13(10-20(4)5)21-14(9-17)19-15-12(3)6-7-18-16(15)21/h6-7,11,13H,8-10H2,1-5H3. The first-order valence-corrected chi connectivity index (χ1v) is 8.00. The Morgan fingerprint density at radius 3 is 2.62 bits per heavy atom. The maximum Gasteiger partial charge on any atom is 0.160 e. The van der Waals surface area contributed by atoms with Gasteiger partial charge in [0.1, 0.15) is 11.3 Å². The van der Waals surface area contributed by atoms with Gasteiger partial charge < -0.3 is 9.47 Å². The Kier molecular flexibility index (Phi) is 5.22. The maximum atomic E-state index is 6.15. The number of fused-ring (bicyclic) bond motifs is 1. The molecule has 1 atom stereocenters. The van der Waals surface area contributed by atoms with E-state index in [0.29, 0.717) is 17.8 Å². The first-order chi connectivity index (χ1) is 9.93. The molecule has 2 aromatic heterocycles. The molecule has 0 fully saturated rings. The highest BCUT2D eigenvalue weighted by Crippen LogP contribution is 2.27. The lowest BCUT2D eigenvalue weighted by Crippen LogP contribution is -2.27. The van der Waals surface area contributed by atoms with Crippen molar-refractivity contribution >= 4 is 22.8 Å². The smallest absolute Gasteiger partial charge is 0.160 e. The minimum Gasteiger partial charge on any atom is -0.307 e. The zero-order valence-corrected chi connectivity index (χ0v) is 14.4. The zero-order valence-electron chi connectivity index (χ0n) is 13.6. The molecule has 0 aromatic carbocycles. The summed E-state index contributed by atoms with van der Waals surface area (Å²) in [5.41, 5.74) is 3.08. The summed E-state index contributed by atoms with van der Waals surface area (Å²) in [5, 5.41) is 0. The number of imidazole rings is 1. The number of nitrogens with zero attached hydrogens (tertiary/aromatic N) is 4. The number of pyridine rings is 1. The highest BCUT2D eigenvalue weighted by Gasteiger charge is 2.22. The summed E-state index contributed by atoms with van der Waals surface area (Å²) in [6, 6.07) is 2.34. The lowest BCUT2D eigenvalue weighted by Gasteiger charge is -2.25. The summed E-state index contributed by atoms with van der Waals surface area (Å²) in [5.74, 6) is 1.94. The monoisotopic (exact) mass is 308 g/mol. The van der Waals surface area contributed by atoms with Crippen LogP contribution < -0.4 is 0 Å². The minimum absolute atomic E-state index is 0.341. The highest BCUT2D eigenvalue weighted by molar-refractivity contribution is 6.16. The lowest BCUT2D eigenvalue weighted by molar-refractivity contribution is 0.289. The summed E-state index contributed by atoms with van der Waals surface area (Å²) in [6.07, 6.45) is 2.94. The van der Waals surface area contributed by atoms with Gasteiger partial charge in [-0.1, -0.05) is 13.8 Å². The van der Waals surface area contributed by atoms with Gasteiger partial charge >= 0.3 is 0 Å². The van der Waals surface area contributed by atoms with Crippen molar-refractivity contribution in [2.45, 2.75) is 39.1 Å². The number of hydrogen-bond acceptors (Lipinski definition) is 3. The Morgan fingerprint density at radius 2 is 2.05 bits per heavy atom. The third-order valence-electron chi connectivity index (χ3n) is 3.66. The van der Waals surface area contributed by atoms with Gasteiger partial charge in [0.15, 0.2) is 5.65 Å². The number of hydrogen-bond donors (Lipinski definition) is 0. The number of aryl methyl sites for hydroxylation is 1. The Morgan fingerprint density at radius 1 is 1.33 bits per heavy atom. The summed E-state index contributed by atoms with van der Waals surface area (Å²) in [7, 11) is 4.21. The molecule has 0 aliphatic heterocycles. The second kappa shape index (κ2) is 6.75. The number of rotatable bonds is 6. The van der Waals surface area contributed by atoms with Crippen molar-refractivity contribution in [3.8, 4) is 0 Å². The van der Waals surface area contributed by atoms with Crippen molar-refractivity contribution < 1.29 is 0 Å². The second-order valence-electron chi connectivity index (χ2n) is 6.38. The van der Waals surface area contributed by atoms with Gasteiger partial charge in [-0.2, -0.15) is 0 Å². The molecule has 0 N–H and O–H groups in total. The van der Waals surface area contributed by atoms with Gasteiger partial charge in [-0.25, -0.2) is 9.97 Å². The third-order valence-corrected chi connectivity index (χ3v) is 3.90. The summed E-state index contributed by atoms with van der Waals surface area (Å²) >= 11 is 6.15. The largest absolute Gasteiger partial charge is 0.307 e. The van der Waals surface area contributed by atoms with Crippen molar-refractivity contribution in [3.05, 3.63) is 23.7 Å². The van der Waals surface area contributed by atoms with E-state index in [1.54, 1.807) is 0 Å². The summed E-state index contributed by atoms with van der Waals surface area (Å²) in [4.78, 5) is 11.5. The van der Waals surface area contributed by atoms with Gasteiger partial charge in [0.25, 0.3) is 0 Å². The molecule has 0 saturated heterocycles. The van der Waals surface area contributed by atoms with Crippen molar-refractivity contribution in [3.63, 3.8) is 0 Å². The van der Waals surface area contributed by atoms with Crippen molar-refractivity contribution in [2.24, 2.45) is 5.92 Å². The third kappa shape index (κ3) is 3.55. The predicted molar refractivity (Wildman–Crippen MR) is 88.9 cm³/mol. The SMILES string of the molecule is Cc1ccnc2c1nc(CCl)n2C(CC(C)C)CN(C)C. The van der Waals surface area contributed by atoms with E-state index in [4.69, 9.17) is 16.6 Å². The van der Waals surface area contributed by atoms with Crippen LogP contribution in [0.25, 0.3) is 11.2 Å². The van der Waals surface area contributed by atoms with E-state index in [-0.39, 0.29) is 0 Å². The van der Waals surface area contributed by atoms with Crippen molar-refractivity contribution in [2.75, 3.05) is 20.6 Å². The molecule has 2 aromatic rings. The van der Waals surface area contributed by atoms with Crippen LogP contribution in [0.1, 0.15) is 37.7 Å². The molecular weight excluding hydrogens is 284 g/mol. The number of halogens is 1. The van der Waals surface area contributed by atoms with Gasteiger partial charge in [-0.15, -0.1) is 11.6 Å². The van der Waals surface area contributed by atoms with Gasteiger partial charge in [0.05, 0.1) is 5.88 Å². The molecule has 2 heterocycles. The minimum atomic E-state index is 0.341. The number of aromatic nitrogens is 3. The van der Waals surface area contributed by atoms with Crippen molar-refractivity contribution in [1.29, 1.82) is 0 Å². The normalized spacial score (nSPS) is 13.5. The molecule has 5 heteroatoms. The van der Waals surface area contributed by atoms with Gasteiger partial charge in [0, 0.05) is 18.8 Å². The van der Waals surface area contributed by atoms with Gasteiger partial charge in [-0.3, -0.25) is 0 Å². The Hall–Kier alpha value is -1.13. The van der Waals surface area contributed by atoms with E-state index in [9.17, 15) is 0 Å². The maximum absolute atomic E-state index is 6.15. The predicted octanol–water partition coefficient (Wildman–Crippen LogP) is 3.63. The van der Waals surface area contributed by atoms with Crippen molar-refractivity contribution in [1.82, 2.24) is 19.4 Å². The molecule has 0 aliphatic carbocycles. The number of likely N-dealkylation sites (N-methyl/N-ethyl adjacent to an activating group) is 1. The zero-order chi connectivity index (χ0) is 15.6. The van der Waals surface area contributed by atoms with Gasteiger partial charge in [0.2, 0.25) is 0 Å². The van der Waals surface area contributed by atoms with Crippen LogP contribution in [0.2, 0.25) is 0 Å². The molecule has 0 amide bonds. The van der Waals surface area contributed by atoms with E-state index in [1.165, 1.54) is 0 Å². The fourth-order valence-electron chi connectivity index (χ4n) is 2.86. The first kappa shape index (κ1) is 16.2. The molecule has 0 aliphatic rings. The Labute approximate surface area is 132 Å². The van der Waals surface area contributed by atoms with E-state index in [0.717, 1.165) is 35.5 Å². The molecule has 0 spiro atoms. The summed E-state index contributed by atoms with van der Waals surface area (Å²) < 4.78 is 2.25. The lowest BCUT2D eigenvalue weighted by atomic mass is 10.0.